The topological polar surface area (TPSA) is 177 Å². The van der Waals surface area contributed by atoms with Crippen molar-refractivity contribution >= 4 is 34.5 Å². The van der Waals surface area contributed by atoms with Gasteiger partial charge in [-0.3, -0.25) is 9.59 Å². The summed E-state index contributed by atoms with van der Waals surface area (Å²) in [4.78, 5) is 52.4. The molecule has 0 radical (unpaired) electrons. The van der Waals surface area contributed by atoms with Crippen LogP contribution in [0, 0.1) is 13.8 Å². The molecular formula is C29H22O11. The Morgan fingerprint density at radius 2 is 1.62 bits per heavy atom. The number of benzene rings is 3. The molecule has 3 aromatic carbocycles. The first-order chi connectivity index (χ1) is 18.9. The SMILES string of the molecule is COC(=O)C[C@H]1OC(=O)c2c(O)cc(C)c3c4c(c(O)c1c23)[C@]12COC(=O)c3c(O)cc(C)c(c31)C(=O)[C@H]4[C@@H]2O. The molecule has 40 heavy (non-hydrogen) atoms. The van der Waals surface area contributed by atoms with E-state index < -0.39 is 77.5 Å². The maximum atomic E-state index is 14.1. The van der Waals surface area contributed by atoms with E-state index in [9.17, 15) is 39.6 Å². The van der Waals surface area contributed by atoms with Crippen LogP contribution in [0.15, 0.2) is 12.1 Å². The van der Waals surface area contributed by atoms with Crippen LogP contribution in [-0.2, 0) is 24.4 Å². The molecule has 4 N–H and O–H groups in total. The first kappa shape index (κ1) is 24.4. The highest BCUT2D eigenvalue weighted by Gasteiger charge is 2.66. The fourth-order valence-corrected chi connectivity index (χ4v) is 7.37. The Labute approximate surface area is 225 Å². The van der Waals surface area contributed by atoms with Gasteiger partial charge in [0.1, 0.15) is 41.1 Å². The Hall–Kier alpha value is -4.64. The van der Waals surface area contributed by atoms with E-state index >= 15 is 0 Å². The fourth-order valence-electron chi connectivity index (χ4n) is 7.37. The van der Waals surface area contributed by atoms with Gasteiger partial charge in [0.15, 0.2) is 5.78 Å². The van der Waals surface area contributed by atoms with Crippen molar-refractivity contribution in [1.82, 2.24) is 0 Å². The summed E-state index contributed by atoms with van der Waals surface area (Å²) in [7, 11) is 1.16. The summed E-state index contributed by atoms with van der Waals surface area (Å²) in [6.07, 6.45) is -3.32. The number of rotatable bonds is 2. The molecule has 0 aromatic heterocycles. The number of ketones is 1. The lowest BCUT2D eigenvalue weighted by atomic mass is 9.63. The number of hydrogen-bond donors (Lipinski definition) is 4. The van der Waals surface area contributed by atoms with Gasteiger partial charge >= 0.3 is 17.9 Å². The minimum absolute atomic E-state index is 0.00815. The number of carbonyl (C=O) groups excluding carboxylic acids is 4. The largest absolute Gasteiger partial charge is 0.507 e. The Balaban J connectivity index is 1.71. The number of methoxy groups -OCH3 is 1. The van der Waals surface area contributed by atoms with E-state index in [1.807, 2.05) is 0 Å². The van der Waals surface area contributed by atoms with Gasteiger partial charge in [0, 0.05) is 22.1 Å². The summed E-state index contributed by atoms with van der Waals surface area (Å²) in [5.74, 6) is -5.66. The second-order valence-electron chi connectivity index (χ2n) is 10.7. The zero-order valence-electron chi connectivity index (χ0n) is 21.4. The number of phenols is 3. The predicted octanol–water partition coefficient (Wildman–Crippen LogP) is 2.46. The Morgan fingerprint density at radius 1 is 0.950 bits per heavy atom. The molecule has 0 amide bonds. The number of hydrogen-bond acceptors (Lipinski definition) is 11. The second kappa shape index (κ2) is 7.51. The number of phenolic OH excluding ortho intramolecular Hbond substituents is 3. The van der Waals surface area contributed by atoms with Gasteiger partial charge < -0.3 is 34.6 Å². The maximum absolute atomic E-state index is 14.1. The Kier molecular flexibility index (Phi) is 4.58. The normalized spacial score (nSPS) is 25.3. The molecule has 2 aliphatic carbocycles. The summed E-state index contributed by atoms with van der Waals surface area (Å²) >= 11 is 0. The summed E-state index contributed by atoms with van der Waals surface area (Å²) in [5.41, 5.74) is -0.907. The summed E-state index contributed by atoms with van der Waals surface area (Å²) in [6.45, 7) is 2.79. The first-order valence-electron chi connectivity index (χ1n) is 12.5. The standard InChI is InChI=1S/C29H22O11/c1-8-4-10(30)16-19-14(8)20-21-24(33)15-9(2)5-11(31)17-22(15)29(26(21)35,7-39-27(17)36)23(20)25(34)18(19)12(40-28(16)37)6-13(32)38-3/h4-5,12,21,26,30-31,34-35H,6-7H2,1-3H3/t12-,21+,26+,29+/m1/s1. The van der Waals surface area contributed by atoms with Gasteiger partial charge in [0.25, 0.3) is 0 Å². The number of cyclic esters (lactones) is 2. The van der Waals surface area contributed by atoms with Gasteiger partial charge in [0.2, 0.25) is 0 Å². The third-order valence-electron chi connectivity index (χ3n) is 8.85. The molecule has 11 heteroatoms. The molecule has 3 aromatic rings. The highest BCUT2D eigenvalue weighted by atomic mass is 16.6. The number of esters is 3. The number of aryl methyl sites for hydroxylation is 2. The monoisotopic (exact) mass is 546 g/mol. The summed E-state index contributed by atoms with van der Waals surface area (Å²) in [5, 5.41) is 45.9. The van der Waals surface area contributed by atoms with Crippen LogP contribution in [0.25, 0.3) is 10.8 Å². The number of aliphatic hydroxyl groups excluding tert-OH is 1. The zero-order valence-corrected chi connectivity index (χ0v) is 21.4. The van der Waals surface area contributed by atoms with E-state index in [2.05, 4.69) is 0 Å². The van der Waals surface area contributed by atoms with Crippen molar-refractivity contribution in [2.75, 3.05) is 13.7 Å². The van der Waals surface area contributed by atoms with E-state index in [4.69, 9.17) is 14.2 Å². The number of carbonyl (C=O) groups is 4. The smallest absolute Gasteiger partial charge is 0.343 e. The molecule has 204 valence electrons. The van der Waals surface area contributed by atoms with E-state index in [0.29, 0.717) is 16.5 Å². The lowest BCUT2D eigenvalue weighted by molar-refractivity contribution is -0.143. The molecule has 4 atom stereocenters. The molecule has 11 nitrogen and oxygen atoms in total. The molecule has 2 bridgehead atoms. The molecule has 1 spiro atoms. The van der Waals surface area contributed by atoms with Crippen molar-refractivity contribution in [2.24, 2.45) is 0 Å². The molecule has 0 saturated heterocycles. The van der Waals surface area contributed by atoms with Crippen LogP contribution >= 0.6 is 0 Å². The molecule has 7 rings (SSSR count). The average molecular weight is 546 g/mol. The van der Waals surface area contributed by atoms with Crippen molar-refractivity contribution in [3.05, 3.63) is 62.2 Å². The van der Waals surface area contributed by atoms with Crippen molar-refractivity contribution in [1.29, 1.82) is 0 Å². The van der Waals surface area contributed by atoms with Crippen molar-refractivity contribution in [2.45, 2.75) is 43.8 Å². The van der Waals surface area contributed by atoms with E-state index in [1.54, 1.807) is 13.8 Å². The third kappa shape index (κ3) is 2.54. The molecule has 0 unspecified atom stereocenters. The van der Waals surface area contributed by atoms with E-state index in [-0.39, 0.29) is 44.3 Å². The molecule has 4 aliphatic rings. The lowest BCUT2D eigenvalue weighted by Gasteiger charge is -2.43. The van der Waals surface area contributed by atoms with Gasteiger partial charge in [-0.05, 0) is 53.6 Å². The van der Waals surface area contributed by atoms with Gasteiger partial charge in [-0.1, -0.05) is 0 Å². The van der Waals surface area contributed by atoms with Gasteiger partial charge in [-0.25, -0.2) is 9.59 Å². The van der Waals surface area contributed by atoms with Crippen LogP contribution in [-0.4, -0.2) is 63.9 Å². The Bertz CT molecular complexity index is 1800. The van der Waals surface area contributed by atoms with E-state index in [0.717, 1.165) is 7.11 Å². The van der Waals surface area contributed by atoms with Gasteiger partial charge in [0.05, 0.1) is 31.0 Å². The number of aromatic hydroxyl groups is 3. The number of aliphatic hydroxyl groups is 1. The van der Waals surface area contributed by atoms with E-state index in [1.165, 1.54) is 12.1 Å². The minimum Gasteiger partial charge on any atom is -0.507 e. The van der Waals surface area contributed by atoms with Gasteiger partial charge in [-0.15, -0.1) is 0 Å². The molecule has 2 aliphatic heterocycles. The van der Waals surface area contributed by atoms with Crippen LogP contribution in [0.5, 0.6) is 17.2 Å². The molecular weight excluding hydrogens is 524 g/mol. The average Bonchev–Trinajstić information content (AvgIpc) is 3.07. The third-order valence-corrected chi connectivity index (χ3v) is 8.85. The fraction of sp³-hybridized carbons (Fsp3) is 0.310. The van der Waals surface area contributed by atoms with Crippen LogP contribution < -0.4 is 0 Å². The van der Waals surface area contributed by atoms with Crippen molar-refractivity contribution < 1.29 is 53.8 Å². The quantitative estimate of drug-likeness (QED) is 0.274. The van der Waals surface area contributed by atoms with Crippen LogP contribution in [0.4, 0.5) is 0 Å². The second-order valence-corrected chi connectivity index (χ2v) is 10.7. The van der Waals surface area contributed by atoms with Crippen molar-refractivity contribution in [3.8, 4) is 17.2 Å². The lowest BCUT2D eigenvalue weighted by Crippen LogP contribution is -2.52. The highest BCUT2D eigenvalue weighted by molar-refractivity contribution is 6.18. The van der Waals surface area contributed by atoms with Crippen LogP contribution in [0.3, 0.4) is 0 Å². The zero-order chi connectivity index (χ0) is 28.6. The Morgan fingerprint density at radius 3 is 2.33 bits per heavy atom. The van der Waals surface area contributed by atoms with Gasteiger partial charge in [-0.2, -0.15) is 0 Å². The number of Topliss-reactive ketones (excluding diaryl/α,β-unsaturated/α-hetero) is 1. The number of ether oxygens (including phenoxy) is 3. The first-order valence-corrected chi connectivity index (χ1v) is 12.5. The summed E-state index contributed by atoms with van der Waals surface area (Å²) in [6, 6.07) is 2.61. The molecule has 0 saturated carbocycles. The maximum Gasteiger partial charge on any atom is 0.343 e. The molecule has 0 fully saturated rings. The molecule has 2 heterocycles. The minimum atomic E-state index is -1.66. The van der Waals surface area contributed by atoms with Crippen molar-refractivity contribution in [3.63, 3.8) is 0 Å². The van der Waals surface area contributed by atoms with Crippen LogP contribution in [0.1, 0.15) is 82.9 Å². The number of fused-ring (bicyclic) bond motifs is 4. The summed E-state index contributed by atoms with van der Waals surface area (Å²) < 4.78 is 15.8. The van der Waals surface area contributed by atoms with Crippen LogP contribution in [0.2, 0.25) is 0 Å². The highest BCUT2D eigenvalue weighted by Crippen LogP contribution is 2.65. The predicted molar refractivity (Wildman–Crippen MR) is 134 cm³/mol.